The first kappa shape index (κ1) is 19.1. The van der Waals surface area contributed by atoms with E-state index in [-0.39, 0.29) is 5.78 Å². The zero-order valence-corrected chi connectivity index (χ0v) is 15.0. The summed E-state index contributed by atoms with van der Waals surface area (Å²) < 4.78 is 5.12. The number of para-hydroxylation sites is 1. The van der Waals surface area contributed by atoms with Crippen LogP contribution in [0.5, 0.6) is 0 Å². The summed E-state index contributed by atoms with van der Waals surface area (Å²) in [4.78, 5) is 35.8. The Morgan fingerprint density at radius 3 is 2.38 bits per heavy atom. The number of carbonyl (C=O) groups is 3. The van der Waals surface area contributed by atoms with Crippen LogP contribution in [0.3, 0.4) is 0 Å². The second-order valence-electron chi connectivity index (χ2n) is 5.86. The zero-order chi connectivity index (χ0) is 19.1. The number of ketones is 1. The number of anilines is 1. The van der Waals surface area contributed by atoms with E-state index in [9.17, 15) is 14.4 Å². The first-order chi connectivity index (χ1) is 12.4. The predicted molar refractivity (Wildman–Crippen MR) is 101 cm³/mol. The largest absolute Gasteiger partial charge is 0.449 e. The van der Waals surface area contributed by atoms with Crippen molar-refractivity contribution in [3.63, 3.8) is 0 Å². The molecule has 0 aliphatic heterocycles. The Kier molecular flexibility index (Phi) is 6.44. The van der Waals surface area contributed by atoms with Gasteiger partial charge in [0.05, 0.1) is 5.69 Å². The molecule has 0 aliphatic rings. The molecule has 1 N–H and O–H groups in total. The van der Waals surface area contributed by atoms with Gasteiger partial charge in [-0.05, 0) is 50.1 Å². The second-order valence-corrected chi connectivity index (χ2v) is 5.86. The minimum Gasteiger partial charge on any atom is -0.449 e. The molecule has 1 amide bonds. The predicted octanol–water partition coefficient (Wildman–Crippen LogP) is 3.78. The van der Waals surface area contributed by atoms with E-state index in [0.717, 1.165) is 11.1 Å². The molecule has 5 nitrogen and oxygen atoms in total. The van der Waals surface area contributed by atoms with Gasteiger partial charge in [0.2, 0.25) is 0 Å². The van der Waals surface area contributed by atoms with Crippen LogP contribution < -0.4 is 5.32 Å². The van der Waals surface area contributed by atoms with Crippen LogP contribution in [0.25, 0.3) is 6.08 Å². The molecule has 5 heteroatoms. The number of rotatable bonds is 6. The van der Waals surface area contributed by atoms with Gasteiger partial charge in [0.25, 0.3) is 5.91 Å². The van der Waals surface area contributed by atoms with Crippen molar-refractivity contribution >= 4 is 29.4 Å². The van der Waals surface area contributed by atoms with Gasteiger partial charge in [0.15, 0.2) is 11.9 Å². The van der Waals surface area contributed by atoms with E-state index in [1.54, 1.807) is 30.3 Å². The first-order valence-corrected chi connectivity index (χ1v) is 8.23. The molecule has 0 aromatic heterocycles. The molecule has 0 saturated heterocycles. The summed E-state index contributed by atoms with van der Waals surface area (Å²) in [5.41, 5.74) is 2.72. The highest BCUT2D eigenvalue weighted by Crippen LogP contribution is 2.16. The molecule has 2 aromatic carbocycles. The van der Waals surface area contributed by atoms with Gasteiger partial charge in [-0.25, -0.2) is 4.79 Å². The van der Waals surface area contributed by atoms with Crippen LogP contribution in [-0.4, -0.2) is 23.8 Å². The number of hydrogen-bond donors (Lipinski definition) is 1. The number of esters is 1. The Bertz CT molecular complexity index is 855. The van der Waals surface area contributed by atoms with Gasteiger partial charge < -0.3 is 10.1 Å². The summed E-state index contributed by atoms with van der Waals surface area (Å²) in [5.74, 6) is -1.28. The number of ether oxygens (including phenoxy) is 1. The monoisotopic (exact) mass is 351 g/mol. The quantitative estimate of drug-likeness (QED) is 0.488. The van der Waals surface area contributed by atoms with E-state index in [1.165, 1.54) is 19.9 Å². The third-order valence-electron chi connectivity index (χ3n) is 3.81. The van der Waals surface area contributed by atoms with Gasteiger partial charge in [-0.2, -0.15) is 0 Å². The standard InChI is InChI=1S/C21H21NO4/c1-14-8-4-5-9-17(14)12-13-20(24)26-16(3)21(25)22-19-11-7-6-10-18(19)15(2)23/h4-13,16H,1-3H3,(H,22,25)/b13-12+/t16-/m0/s1. The maximum Gasteiger partial charge on any atom is 0.331 e. The normalized spacial score (nSPS) is 11.8. The average Bonchev–Trinajstić information content (AvgIpc) is 2.61. The number of hydrogen-bond acceptors (Lipinski definition) is 4. The summed E-state index contributed by atoms with van der Waals surface area (Å²) in [6.07, 6.45) is 1.94. The summed E-state index contributed by atoms with van der Waals surface area (Å²) in [7, 11) is 0. The third-order valence-corrected chi connectivity index (χ3v) is 3.81. The molecule has 134 valence electrons. The van der Waals surface area contributed by atoms with Crippen molar-refractivity contribution in [1.29, 1.82) is 0 Å². The Hall–Kier alpha value is -3.21. The average molecular weight is 351 g/mol. The Balaban J connectivity index is 1.98. The lowest BCUT2D eigenvalue weighted by Gasteiger charge is -2.14. The second kappa shape index (κ2) is 8.76. The molecule has 0 fully saturated rings. The molecule has 1 atom stereocenters. The molecule has 0 heterocycles. The van der Waals surface area contributed by atoms with Crippen molar-refractivity contribution in [3.05, 3.63) is 71.3 Å². The van der Waals surface area contributed by atoms with Crippen LogP contribution in [0.4, 0.5) is 5.69 Å². The van der Waals surface area contributed by atoms with Gasteiger partial charge in [-0.3, -0.25) is 9.59 Å². The van der Waals surface area contributed by atoms with E-state index in [2.05, 4.69) is 5.32 Å². The Labute approximate surface area is 152 Å². The number of amides is 1. The highest BCUT2D eigenvalue weighted by atomic mass is 16.5. The van der Waals surface area contributed by atoms with Gasteiger partial charge in [-0.1, -0.05) is 36.4 Å². The lowest BCUT2D eigenvalue weighted by molar-refractivity contribution is -0.148. The summed E-state index contributed by atoms with van der Waals surface area (Å²) in [5, 5.41) is 2.62. The summed E-state index contributed by atoms with van der Waals surface area (Å²) >= 11 is 0. The van der Waals surface area contributed by atoms with Crippen molar-refractivity contribution in [1.82, 2.24) is 0 Å². The van der Waals surface area contributed by atoms with E-state index < -0.39 is 18.0 Å². The molecule has 26 heavy (non-hydrogen) atoms. The molecule has 0 unspecified atom stereocenters. The van der Waals surface area contributed by atoms with E-state index >= 15 is 0 Å². The molecule has 0 bridgehead atoms. The van der Waals surface area contributed by atoms with Crippen LogP contribution in [0.15, 0.2) is 54.6 Å². The number of nitrogens with one attached hydrogen (secondary N) is 1. The van der Waals surface area contributed by atoms with Crippen LogP contribution in [0.2, 0.25) is 0 Å². The molecule has 0 radical (unpaired) electrons. The molecular formula is C21H21NO4. The van der Waals surface area contributed by atoms with E-state index in [0.29, 0.717) is 11.3 Å². The van der Waals surface area contributed by atoms with E-state index in [1.807, 2.05) is 31.2 Å². The fourth-order valence-electron chi connectivity index (χ4n) is 2.33. The number of aryl methyl sites for hydroxylation is 1. The van der Waals surface area contributed by atoms with Crippen LogP contribution in [0, 0.1) is 6.92 Å². The lowest BCUT2D eigenvalue weighted by atomic mass is 10.1. The smallest absolute Gasteiger partial charge is 0.331 e. The van der Waals surface area contributed by atoms with Crippen molar-refractivity contribution in [2.45, 2.75) is 26.9 Å². The van der Waals surface area contributed by atoms with Gasteiger partial charge >= 0.3 is 5.97 Å². The van der Waals surface area contributed by atoms with Crippen molar-refractivity contribution in [2.24, 2.45) is 0 Å². The molecular weight excluding hydrogens is 330 g/mol. The highest BCUT2D eigenvalue weighted by molar-refractivity contribution is 6.05. The third kappa shape index (κ3) is 5.14. The Morgan fingerprint density at radius 2 is 1.69 bits per heavy atom. The van der Waals surface area contributed by atoms with Crippen LogP contribution in [0.1, 0.15) is 35.3 Å². The van der Waals surface area contributed by atoms with Crippen molar-refractivity contribution < 1.29 is 19.1 Å². The fraction of sp³-hybridized carbons (Fsp3) is 0.190. The fourth-order valence-corrected chi connectivity index (χ4v) is 2.33. The van der Waals surface area contributed by atoms with Crippen molar-refractivity contribution in [3.8, 4) is 0 Å². The molecule has 2 rings (SSSR count). The maximum absolute atomic E-state index is 12.2. The van der Waals surface area contributed by atoms with Crippen molar-refractivity contribution in [2.75, 3.05) is 5.32 Å². The number of benzene rings is 2. The van der Waals surface area contributed by atoms with E-state index in [4.69, 9.17) is 4.74 Å². The topological polar surface area (TPSA) is 72.5 Å². The molecule has 0 aliphatic carbocycles. The highest BCUT2D eigenvalue weighted by Gasteiger charge is 2.18. The van der Waals surface area contributed by atoms with Crippen LogP contribution >= 0.6 is 0 Å². The SMILES string of the molecule is CC(=O)c1ccccc1NC(=O)[C@H](C)OC(=O)/C=C/c1ccccc1C. The molecule has 0 spiro atoms. The van der Waals surface area contributed by atoms with Gasteiger partial charge in [0, 0.05) is 11.6 Å². The molecule has 2 aromatic rings. The first-order valence-electron chi connectivity index (χ1n) is 8.23. The molecule has 0 saturated carbocycles. The van der Waals surface area contributed by atoms with Gasteiger partial charge in [0.1, 0.15) is 0 Å². The van der Waals surface area contributed by atoms with Crippen LogP contribution in [-0.2, 0) is 14.3 Å². The number of Topliss-reactive ketones (excluding diaryl/α,β-unsaturated/α-hetero) is 1. The zero-order valence-electron chi connectivity index (χ0n) is 15.0. The minimum absolute atomic E-state index is 0.160. The summed E-state index contributed by atoms with van der Waals surface area (Å²) in [6.45, 7) is 4.84. The lowest BCUT2D eigenvalue weighted by Crippen LogP contribution is -2.30. The maximum atomic E-state index is 12.2. The summed E-state index contributed by atoms with van der Waals surface area (Å²) in [6, 6.07) is 14.3. The number of carbonyl (C=O) groups excluding carboxylic acids is 3. The Morgan fingerprint density at radius 1 is 1.04 bits per heavy atom. The van der Waals surface area contributed by atoms with Gasteiger partial charge in [-0.15, -0.1) is 0 Å². The minimum atomic E-state index is -0.996.